The van der Waals surface area contributed by atoms with Gasteiger partial charge in [0.25, 0.3) is 0 Å². The Labute approximate surface area is 109 Å². The molecule has 0 bridgehead atoms. The van der Waals surface area contributed by atoms with Gasteiger partial charge >= 0.3 is 0 Å². The van der Waals surface area contributed by atoms with E-state index in [0.717, 1.165) is 44.0 Å². The van der Waals surface area contributed by atoms with Crippen LogP contribution in [-0.4, -0.2) is 36.6 Å². The minimum Gasteiger partial charge on any atom is -0.493 e. The van der Waals surface area contributed by atoms with Crippen molar-refractivity contribution in [3.63, 3.8) is 0 Å². The fourth-order valence-corrected chi connectivity index (χ4v) is 2.10. The van der Waals surface area contributed by atoms with E-state index < -0.39 is 0 Å². The lowest BCUT2D eigenvalue weighted by Gasteiger charge is -2.19. The molecule has 1 unspecified atom stereocenters. The first-order valence-corrected chi connectivity index (χ1v) is 6.61. The molecule has 104 valence electrons. The number of methoxy groups -OCH3 is 1. The number of nitrogens with one attached hydrogen (secondary N) is 1. The summed E-state index contributed by atoms with van der Waals surface area (Å²) < 4.78 is 12.6. The summed E-state index contributed by atoms with van der Waals surface area (Å²) in [4.78, 5) is 0. The Morgan fingerprint density at radius 1 is 1.44 bits per heavy atom. The van der Waals surface area contributed by atoms with Gasteiger partial charge in [0, 0.05) is 20.3 Å². The number of rotatable bonds is 9. The molecule has 0 aliphatic rings. The van der Waals surface area contributed by atoms with Crippen molar-refractivity contribution >= 4 is 0 Å². The molecule has 5 nitrogen and oxygen atoms in total. The number of hydrogen-bond acceptors (Lipinski definition) is 4. The first-order chi connectivity index (χ1) is 8.74. The molecule has 0 aliphatic heterocycles. The van der Waals surface area contributed by atoms with E-state index >= 15 is 0 Å². The standard InChI is InChI=1S/C13H25N3O2/c1-5-14-11(8-7-9-18-6-2)13-12(17-4)10-15-16(13)3/h10-11,14H,5-9H2,1-4H3. The second-order valence-corrected chi connectivity index (χ2v) is 4.17. The molecule has 5 heteroatoms. The van der Waals surface area contributed by atoms with Crippen molar-refractivity contribution in [3.05, 3.63) is 11.9 Å². The number of aromatic nitrogens is 2. The fraction of sp³-hybridized carbons (Fsp3) is 0.769. The van der Waals surface area contributed by atoms with E-state index in [4.69, 9.17) is 9.47 Å². The molecule has 1 rings (SSSR count). The van der Waals surface area contributed by atoms with Gasteiger partial charge in [-0.15, -0.1) is 0 Å². The summed E-state index contributed by atoms with van der Waals surface area (Å²) in [6.07, 6.45) is 3.81. The third-order valence-electron chi connectivity index (χ3n) is 2.94. The van der Waals surface area contributed by atoms with Crippen LogP contribution in [-0.2, 0) is 11.8 Å². The van der Waals surface area contributed by atoms with Gasteiger partial charge in [-0.2, -0.15) is 5.10 Å². The molecule has 1 aromatic heterocycles. The summed E-state index contributed by atoms with van der Waals surface area (Å²) in [5, 5.41) is 7.74. The second kappa shape index (κ2) is 8.11. The molecule has 0 spiro atoms. The number of hydrogen-bond donors (Lipinski definition) is 1. The van der Waals surface area contributed by atoms with E-state index in [2.05, 4.69) is 17.3 Å². The Bertz CT molecular complexity index is 339. The van der Waals surface area contributed by atoms with Crippen molar-refractivity contribution in [2.45, 2.75) is 32.7 Å². The molecular formula is C13H25N3O2. The van der Waals surface area contributed by atoms with Gasteiger partial charge in [-0.1, -0.05) is 6.92 Å². The van der Waals surface area contributed by atoms with Crippen molar-refractivity contribution in [2.24, 2.45) is 7.05 Å². The molecule has 0 fully saturated rings. The quantitative estimate of drug-likeness (QED) is 0.685. The van der Waals surface area contributed by atoms with E-state index in [1.54, 1.807) is 13.3 Å². The maximum atomic E-state index is 5.38. The normalized spacial score (nSPS) is 12.7. The fourth-order valence-electron chi connectivity index (χ4n) is 2.10. The van der Waals surface area contributed by atoms with Crippen molar-refractivity contribution < 1.29 is 9.47 Å². The van der Waals surface area contributed by atoms with Crippen molar-refractivity contribution in [1.82, 2.24) is 15.1 Å². The Morgan fingerprint density at radius 3 is 2.83 bits per heavy atom. The zero-order chi connectivity index (χ0) is 13.4. The molecule has 0 aromatic carbocycles. The molecule has 0 saturated carbocycles. The van der Waals surface area contributed by atoms with Gasteiger partial charge in [0.1, 0.15) is 0 Å². The van der Waals surface area contributed by atoms with Crippen LogP contribution in [0.1, 0.15) is 38.4 Å². The largest absolute Gasteiger partial charge is 0.493 e. The lowest BCUT2D eigenvalue weighted by atomic mass is 10.1. The summed E-state index contributed by atoms with van der Waals surface area (Å²) in [5.74, 6) is 0.847. The monoisotopic (exact) mass is 255 g/mol. The highest BCUT2D eigenvalue weighted by Crippen LogP contribution is 2.27. The Balaban J connectivity index is 2.67. The smallest absolute Gasteiger partial charge is 0.161 e. The number of nitrogens with zero attached hydrogens (tertiary/aromatic N) is 2. The van der Waals surface area contributed by atoms with E-state index in [1.807, 2.05) is 18.7 Å². The van der Waals surface area contributed by atoms with Crippen LogP contribution in [0, 0.1) is 0 Å². The molecule has 0 aliphatic carbocycles. The Morgan fingerprint density at radius 2 is 2.22 bits per heavy atom. The average Bonchev–Trinajstić information content (AvgIpc) is 2.74. The minimum atomic E-state index is 0.262. The SMILES string of the molecule is CCNC(CCCOCC)c1c(OC)cnn1C. The first kappa shape index (κ1) is 15.0. The van der Waals surface area contributed by atoms with Crippen LogP contribution < -0.4 is 10.1 Å². The molecule has 0 amide bonds. The highest BCUT2D eigenvalue weighted by molar-refractivity contribution is 5.28. The Kier molecular flexibility index (Phi) is 6.75. The summed E-state index contributed by atoms with van der Waals surface area (Å²) >= 11 is 0. The van der Waals surface area contributed by atoms with Gasteiger partial charge in [-0.05, 0) is 26.3 Å². The lowest BCUT2D eigenvalue weighted by molar-refractivity contribution is 0.140. The van der Waals surface area contributed by atoms with Crippen LogP contribution in [0.4, 0.5) is 0 Å². The minimum absolute atomic E-state index is 0.262. The summed E-state index contributed by atoms with van der Waals surface area (Å²) in [7, 11) is 3.63. The third kappa shape index (κ3) is 3.99. The maximum Gasteiger partial charge on any atom is 0.161 e. The number of aryl methyl sites for hydroxylation is 1. The van der Waals surface area contributed by atoms with Crippen molar-refractivity contribution in [2.75, 3.05) is 26.9 Å². The van der Waals surface area contributed by atoms with Crippen LogP contribution >= 0.6 is 0 Å². The third-order valence-corrected chi connectivity index (χ3v) is 2.94. The second-order valence-electron chi connectivity index (χ2n) is 4.17. The van der Waals surface area contributed by atoms with Gasteiger partial charge in [0.2, 0.25) is 0 Å². The molecule has 18 heavy (non-hydrogen) atoms. The molecule has 0 saturated heterocycles. The first-order valence-electron chi connectivity index (χ1n) is 6.61. The van der Waals surface area contributed by atoms with Crippen molar-refractivity contribution in [3.8, 4) is 5.75 Å². The molecular weight excluding hydrogens is 230 g/mol. The Hall–Kier alpha value is -1.07. The summed E-state index contributed by atoms with van der Waals surface area (Å²) in [5.41, 5.74) is 1.11. The summed E-state index contributed by atoms with van der Waals surface area (Å²) in [6.45, 7) is 6.64. The predicted molar refractivity (Wildman–Crippen MR) is 71.9 cm³/mol. The number of ether oxygens (including phenoxy) is 2. The molecule has 1 aromatic rings. The van der Waals surface area contributed by atoms with E-state index in [0.29, 0.717) is 0 Å². The molecule has 1 heterocycles. The average molecular weight is 255 g/mol. The lowest BCUT2D eigenvalue weighted by Crippen LogP contribution is -2.24. The maximum absolute atomic E-state index is 5.38. The predicted octanol–water partition coefficient (Wildman–Crippen LogP) is 1.90. The molecule has 1 atom stereocenters. The van der Waals surface area contributed by atoms with E-state index in [-0.39, 0.29) is 6.04 Å². The van der Waals surface area contributed by atoms with Crippen LogP contribution in [0.5, 0.6) is 5.75 Å². The van der Waals surface area contributed by atoms with Crippen LogP contribution in [0.25, 0.3) is 0 Å². The van der Waals surface area contributed by atoms with E-state index in [9.17, 15) is 0 Å². The highest BCUT2D eigenvalue weighted by atomic mass is 16.5. The van der Waals surface area contributed by atoms with Crippen LogP contribution in [0.3, 0.4) is 0 Å². The van der Waals surface area contributed by atoms with Crippen LogP contribution in [0.2, 0.25) is 0 Å². The van der Waals surface area contributed by atoms with Crippen molar-refractivity contribution in [1.29, 1.82) is 0 Å². The molecule has 0 radical (unpaired) electrons. The molecule has 1 N–H and O–H groups in total. The van der Waals surface area contributed by atoms with Gasteiger partial charge < -0.3 is 14.8 Å². The zero-order valence-corrected chi connectivity index (χ0v) is 11.9. The van der Waals surface area contributed by atoms with Gasteiger partial charge in [0.05, 0.1) is 25.0 Å². The zero-order valence-electron chi connectivity index (χ0n) is 11.9. The summed E-state index contributed by atoms with van der Waals surface area (Å²) in [6, 6.07) is 0.262. The van der Waals surface area contributed by atoms with E-state index in [1.165, 1.54) is 0 Å². The highest BCUT2D eigenvalue weighted by Gasteiger charge is 2.19. The van der Waals surface area contributed by atoms with Gasteiger partial charge in [-0.25, -0.2) is 0 Å². The topological polar surface area (TPSA) is 48.3 Å². The van der Waals surface area contributed by atoms with Gasteiger partial charge in [0.15, 0.2) is 5.75 Å². The van der Waals surface area contributed by atoms with Crippen LogP contribution in [0.15, 0.2) is 6.20 Å². The van der Waals surface area contributed by atoms with Gasteiger partial charge in [-0.3, -0.25) is 4.68 Å².